The second-order valence-corrected chi connectivity index (χ2v) is 11.0. The molecule has 0 bridgehead atoms. The van der Waals surface area contributed by atoms with Crippen LogP contribution in [0.5, 0.6) is 0 Å². The molecule has 0 aromatic heterocycles. The standard InChI is InChI=1S/C33H33N3O5/c37-30(38)24-14-17-36(18-15-24)31(39)33(16-19-35(22-33)20-23-8-2-1-3-9-23)34-32(40)41-21-29-27-12-6-4-10-25(27)26-11-5-7-13-28(26)29/h1-14,29H,15-22H2,(H,34,40)(H,37,38). The number of likely N-dealkylation sites (tertiary alicyclic amines) is 1. The number of rotatable bonds is 7. The summed E-state index contributed by atoms with van der Waals surface area (Å²) in [6.07, 6.45) is 1.67. The van der Waals surface area contributed by atoms with Gasteiger partial charge in [0.05, 0.1) is 0 Å². The smallest absolute Gasteiger partial charge is 0.408 e. The Bertz CT molecular complexity index is 1460. The van der Waals surface area contributed by atoms with Gasteiger partial charge in [-0.25, -0.2) is 9.59 Å². The number of amides is 2. The Morgan fingerprint density at radius 1 is 0.902 bits per heavy atom. The van der Waals surface area contributed by atoms with E-state index in [1.54, 1.807) is 11.0 Å². The molecule has 1 fully saturated rings. The molecule has 3 aromatic rings. The highest BCUT2D eigenvalue weighted by Crippen LogP contribution is 2.44. The molecule has 0 radical (unpaired) electrons. The highest BCUT2D eigenvalue weighted by molar-refractivity contribution is 5.92. The number of nitrogens with one attached hydrogen (secondary N) is 1. The molecular weight excluding hydrogens is 518 g/mol. The molecule has 41 heavy (non-hydrogen) atoms. The summed E-state index contributed by atoms with van der Waals surface area (Å²) >= 11 is 0. The van der Waals surface area contributed by atoms with Gasteiger partial charge in [-0.15, -0.1) is 0 Å². The molecule has 0 spiro atoms. The van der Waals surface area contributed by atoms with Gasteiger partial charge < -0.3 is 20.1 Å². The van der Waals surface area contributed by atoms with Crippen LogP contribution in [-0.4, -0.2) is 71.2 Å². The molecule has 3 aliphatic rings. The number of carboxylic acid groups (broad SMARTS) is 1. The maximum absolute atomic E-state index is 14.0. The number of benzene rings is 3. The number of hydrogen-bond donors (Lipinski definition) is 2. The number of carbonyl (C=O) groups is 3. The van der Waals surface area contributed by atoms with E-state index < -0.39 is 17.6 Å². The van der Waals surface area contributed by atoms with Crippen molar-refractivity contribution < 1.29 is 24.2 Å². The lowest BCUT2D eigenvalue weighted by Crippen LogP contribution is -2.61. The van der Waals surface area contributed by atoms with E-state index in [1.165, 1.54) is 0 Å². The molecule has 0 saturated carbocycles. The Labute approximate surface area is 239 Å². The van der Waals surface area contributed by atoms with Gasteiger partial charge in [-0.1, -0.05) is 84.9 Å². The lowest BCUT2D eigenvalue weighted by molar-refractivity contribution is -0.138. The van der Waals surface area contributed by atoms with Crippen LogP contribution in [0.2, 0.25) is 0 Å². The minimum absolute atomic E-state index is 0.0837. The summed E-state index contributed by atoms with van der Waals surface area (Å²) in [5, 5.41) is 12.3. The number of nitrogens with zero attached hydrogens (tertiary/aromatic N) is 2. The van der Waals surface area contributed by atoms with E-state index in [4.69, 9.17) is 4.74 Å². The monoisotopic (exact) mass is 551 g/mol. The summed E-state index contributed by atoms with van der Waals surface area (Å²) in [4.78, 5) is 42.5. The Kier molecular flexibility index (Phi) is 7.32. The van der Waals surface area contributed by atoms with E-state index in [9.17, 15) is 19.5 Å². The molecule has 1 unspecified atom stereocenters. The second-order valence-electron chi connectivity index (χ2n) is 11.0. The first kappa shape index (κ1) is 26.8. The maximum atomic E-state index is 14.0. The zero-order valence-corrected chi connectivity index (χ0v) is 22.8. The first-order valence-electron chi connectivity index (χ1n) is 14.0. The molecule has 2 N–H and O–H groups in total. The molecule has 2 aliphatic heterocycles. The van der Waals surface area contributed by atoms with Crippen molar-refractivity contribution in [2.24, 2.45) is 0 Å². The van der Waals surface area contributed by atoms with Gasteiger partial charge in [0.15, 0.2) is 0 Å². The van der Waals surface area contributed by atoms with E-state index in [2.05, 4.69) is 34.5 Å². The van der Waals surface area contributed by atoms with Crippen molar-refractivity contribution in [3.63, 3.8) is 0 Å². The molecule has 2 amide bonds. The van der Waals surface area contributed by atoms with E-state index in [1.807, 2.05) is 54.6 Å². The number of hydrogen-bond acceptors (Lipinski definition) is 5. The average molecular weight is 552 g/mol. The van der Waals surface area contributed by atoms with Crippen LogP contribution in [0.3, 0.4) is 0 Å². The maximum Gasteiger partial charge on any atom is 0.408 e. The van der Waals surface area contributed by atoms with Gasteiger partial charge in [0.25, 0.3) is 0 Å². The van der Waals surface area contributed by atoms with Crippen molar-refractivity contribution in [3.8, 4) is 11.1 Å². The summed E-state index contributed by atoms with van der Waals surface area (Å²) in [5.74, 6) is -1.25. The molecule has 8 nitrogen and oxygen atoms in total. The Hall–Kier alpha value is -4.43. The third kappa shape index (κ3) is 5.35. The third-order valence-corrected chi connectivity index (χ3v) is 8.46. The minimum Gasteiger partial charge on any atom is -0.478 e. The summed E-state index contributed by atoms with van der Waals surface area (Å²) < 4.78 is 5.84. The molecule has 1 atom stereocenters. The van der Waals surface area contributed by atoms with Gasteiger partial charge in [-0.3, -0.25) is 9.69 Å². The molecule has 1 aliphatic carbocycles. The fourth-order valence-corrected chi connectivity index (χ4v) is 6.38. The van der Waals surface area contributed by atoms with E-state index >= 15 is 0 Å². The van der Waals surface area contributed by atoms with Crippen LogP contribution in [0, 0.1) is 0 Å². The summed E-state index contributed by atoms with van der Waals surface area (Å²) in [7, 11) is 0. The minimum atomic E-state index is -1.16. The van der Waals surface area contributed by atoms with E-state index in [0.717, 1.165) is 27.8 Å². The zero-order chi connectivity index (χ0) is 28.4. The first-order chi connectivity index (χ1) is 19.9. The van der Waals surface area contributed by atoms with E-state index in [0.29, 0.717) is 38.2 Å². The van der Waals surface area contributed by atoms with Crippen LogP contribution >= 0.6 is 0 Å². The lowest BCUT2D eigenvalue weighted by Gasteiger charge is -2.36. The summed E-state index contributed by atoms with van der Waals surface area (Å²) in [6, 6.07) is 26.4. The van der Waals surface area contributed by atoms with Gasteiger partial charge in [0, 0.05) is 44.2 Å². The van der Waals surface area contributed by atoms with Crippen molar-refractivity contribution in [3.05, 3.63) is 107 Å². The number of ether oxygens (including phenoxy) is 1. The van der Waals surface area contributed by atoms with Crippen LogP contribution in [-0.2, 0) is 20.9 Å². The predicted molar refractivity (Wildman–Crippen MR) is 154 cm³/mol. The summed E-state index contributed by atoms with van der Waals surface area (Å²) in [5.41, 5.74) is 4.82. The van der Waals surface area contributed by atoms with Crippen LogP contribution < -0.4 is 5.32 Å². The second kappa shape index (κ2) is 11.2. The molecule has 1 saturated heterocycles. The third-order valence-electron chi connectivity index (χ3n) is 8.46. The Balaban J connectivity index is 1.19. The van der Waals surface area contributed by atoms with Crippen molar-refractivity contribution in [1.82, 2.24) is 15.1 Å². The zero-order valence-electron chi connectivity index (χ0n) is 22.8. The molecule has 3 aromatic carbocycles. The average Bonchev–Trinajstić information content (AvgIpc) is 3.55. The highest BCUT2D eigenvalue weighted by atomic mass is 16.5. The number of fused-ring (bicyclic) bond motifs is 3. The lowest BCUT2D eigenvalue weighted by atomic mass is 9.95. The van der Waals surface area contributed by atoms with Crippen LogP contribution in [0.15, 0.2) is 90.5 Å². The van der Waals surface area contributed by atoms with E-state index in [-0.39, 0.29) is 31.4 Å². The SMILES string of the molecule is O=C(NC1(C(=O)N2CC=C(C(=O)O)CC2)CCN(Cc2ccccc2)C1)OCC1c2ccccc2-c2ccccc21. The van der Waals surface area contributed by atoms with Gasteiger partial charge in [0.2, 0.25) is 5.91 Å². The topological polar surface area (TPSA) is 99.2 Å². The van der Waals surface area contributed by atoms with Crippen molar-refractivity contribution >= 4 is 18.0 Å². The largest absolute Gasteiger partial charge is 0.478 e. The summed E-state index contributed by atoms with van der Waals surface area (Å²) in [6.45, 7) is 2.29. The molecular formula is C33H33N3O5. The van der Waals surface area contributed by atoms with Crippen molar-refractivity contribution in [2.45, 2.75) is 30.8 Å². The predicted octanol–water partition coefficient (Wildman–Crippen LogP) is 4.41. The Morgan fingerprint density at radius 2 is 1.56 bits per heavy atom. The quantitative estimate of drug-likeness (QED) is 0.451. The molecule has 210 valence electrons. The molecule has 2 heterocycles. The van der Waals surface area contributed by atoms with Crippen LogP contribution in [0.1, 0.15) is 35.4 Å². The van der Waals surface area contributed by atoms with Crippen molar-refractivity contribution in [2.75, 3.05) is 32.8 Å². The fourth-order valence-electron chi connectivity index (χ4n) is 6.38. The number of carbonyl (C=O) groups excluding carboxylic acids is 2. The van der Waals surface area contributed by atoms with Gasteiger partial charge in [-0.2, -0.15) is 0 Å². The first-order valence-corrected chi connectivity index (χ1v) is 14.0. The van der Waals surface area contributed by atoms with Crippen molar-refractivity contribution in [1.29, 1.82) is 0 Å². The van der Waals surface area contributed by atoms with Crippen LogP contribution in [0.4, 0.5) is 4.79 Å². The fraction of sp³-hybridized carbons (Fsp3) is 0.303. The number of carboxylic acids is 1. The highest BCUT2D eigenvalue weighted by Gasteiger charge is 2.48. The van der Waals surface area contributed by atoms with Gasteiger partial charge in [-0.05, 0) is 40.7 Å². The van der Waals surface area contributed by atoms with Gasteiger partial charge in [0.1, 0.15) is 12.1 Å². The molecule has 6 rings (SSSR count). The van der Waals surface area contributed by atoms with Gasteiger partial charge >= 0.3 is 12.1 Å². The normalized spacial score (nSPS) is 20.2. The molecule has 8 heteroatoms. The number of aliphatic carboxylic acids is 1. The van der Waals surface area contributed by atoms with Crippen LogP contribution in [0.25, 0.3) is 11.1 Å². The Morgan fingerprint density at radius 3 is 2.20 bits per heavy atom. The number of alkyl carbamates (subject to hydrolysis) is 1.